The minimum atomic E-state index is -0.499. The zero-order valence-electron chi connectivity index (χ0n) is 11.1. The van der Waals surface area contributed by atoms with Gasteiger partial charge in [0.25, 0.3) is 0 Å². The summed E-state index contributed by atoms with van der Waals surface area (Å²) >= 11 is 1.90. The number of hydrogen-bond acceptors (Lipinski definition) is 7. The Hall–Kier alpha value is -1.40. The lowest BCUT2D eigenvalue weighted by Gasteiger charge is -2.09. The lowest BCUT2D eigenvalue weighted by Crippen LogP contribution is -2.04. The van der Waals surface area contributed by atoms with Gasteiger partial charge in [-0.25, -0.2) is 8.78 Å². The molecule has 5 nitrogen and oxygen atoms in total. The van der Waals surface area contributed by atoms with Gasteiger partial charge >= 0.3 is 0 Å². The van der Waals surface area contributed by atoms with Crippen LogP contribution in [0.25, 0.3) is 22.1 Å². The number of nitrogens with zero attached hydrogens (tertiary/aromatic N) is 4. The minimum absolute atomic E-state index is 0.155. The Kier molecular flexibility index (Phi) is 3.69. The topological polar surface area (TPSA) is 60.8 Å². The van der Waals surface area contributed by atoms with Crippen LogP contribution in [0, 0.1) is 11.6 Å². The van der Waals surface area contributed by atoms with Crippen molar-refractivity contribution in [3.8, 4) is 11.5 Å². The number of ether oxygens (including phenoxy) is 1. The van der Waals surface area contributed by atoms with Gasteiger partial charge < -0.3 is 4.74 Å². The molecular formula is C12H6F2N4OP2S2. The minimum Gasteiger partial charge on any atom is -0.452 e. The third-order valence-corrected chi connectivity index (χ3v) is 5.36. The molecule has 0 spiro atoms. The predicted molar refractivity (Wildman–Crippen MR) is 93.5 cm³/mol. The summed E-state index contributed by atoms with van der Waals surface area (Å²) in [7, 11) is 4.58. The molecule has 2 unspecified atom stereocenters. The molecule has 23 heavy (non-hydrogen) atoms. The van der Waals surface area contributed by atoms with Crippen molar-refractivity contribution in [2.24, 2.45) is 0 Å². The Morgan fingerprint density at radius 1 is 0.739 bits per heavy atom. The van der Waals surface area contributed by atoms with E-state index in [1.807, 2.05) is 0 Å². The van der Waals surface area contributed by atoms with Gasteiger partial charge in [-0.1, -0.05) is 18.5 Å². The molecule has 0 aliphatic heterocycles. The van der Waals surface area contributed by atoms with Crippen LogP contribution >= 0.6 is 41.9 Å². The molecule has 0 saturated heterocycles. The monoisotopic (exact) mass is 386 g/mol. The van der Waals surface area contributed by atoms with Crippen molar-refractivity contribution in [2.45, 2.75) is 0 Å². The summed E-state index contributed by atoms with van der Waals surface area (Å²) in [4.78, 5) is 0. The van der Waals surface area contributed by atoms with Gasteiger partial charge in [0.05, 0.1) is 23.5 Å². The van der Waals surface area contributed by atoms with E-state index in [2.05, 4.69) is 36.0 Å². The molecule has 0 radical (unpaired) electrons. The van der Waals surface area contributed by atoms with Crippen molar-refractivity contribution < 1.29 is 13.5 Å². The van der Waals surface area contributed by atoms with Gasteiger partial charge in [-0.3, -0.25) is 0 Å². The molecule has 2 heterocycles. The van der Waals surface area contributed by atoms with Crippen molar-refractivity contribution in [1.29, 1.82) is 0 Å². The molecule has 11 heteroatoms. The smallest absolute Gasteiger partial charge is 0.159 e. The highest BCUT2D eigenvalue weighted by Gasteiger charge is 2.19. The second-order valence-electron chi connectivity index (χ2n) is 4.57. The van der Waals surface area contributed by atoms with Crippen LogP contribution in [-0.4, -0.2) is 17.5 Å². The average Bonchev–Trinajstić information content (AvgIpc) is 3.18. The fourth-order valence-electron chi connectivity index (χ4n) is 2.08. The predicted octanol–water partition coefficient (Wildman–Crippen LogP) is 2.77. The van der Waals surface area contributed by atoms with Crippen LogP contribution in [0.15, 0.2) is 12.1 Å². The lowest BCUT2D eigenvalue weighted by molar-refractivity contribution is 0.482. The highest BCUT2D eigenvalue weighted by Crippen LogP contribution is 2.34. The maximum atomic E-state index is 14.0. The summed E-state index contributed by atoms with van der Waals surface area (Å²) in [5.74, 6) is -0.688. The van der Waals surface area contributed by atoms with E-state index in [9.17, 15) is 8.78 Å². The van der Waals surface area contributed by atoms with Crippen LogP contribution < -0.4 is 15.3 Å². The summed E-state index contributed by atoms with van der Waals surface area (Å²) in [6.07, 6.45) is 0. The van der Waals surface area contributed by atoms with Gasteiger partial charge in [0, 0.05) is 22.7 Å². The van der Waals surface area contributed by atoms with Gasteiger partial charge in [-0.2, -0.15) is 17.5 Å². The normalized spacial score (nSPS) is 11.5. The summed E-state index contributed by atoms with van der Waals surface area (Å²) in [6, 6.07) is 2.40. The number of hydrogen-bond donors (Lipinski definition) is 0. The highest BCUT2D eigenvalue weighted by atomic mass is 32.1. The molecule has 0 fully saturated rings. The van der Waals surface area contributed by atoms with Gasteiger partial charge in [-0.05, 0) is 0 Å². The van der Waals surface area contributed by atoms with E-state index >= 15 is 0 Å². The zero-order valence-corrected chi connectivity index (χ0v) is 15.0. The molecule has 4 rings (SSSR count). The highest BCUT2D eigenvalue weighted by molar-refractivity contribution is 7.28. The van der Waals surface area contributed by atoms with Gasteiger partial charge in [0.15, 0.2) is 11.5 Å². The van der Waals surface area contributed by atoms with E-state index < -0.39 is 11.6 Å². The largest absolute Gasteiger partial charge is 0.452 e. The molecule has 0 N–H and O–H groups in total. The summed E-state index contributed by atoms with van der Waals surface area (Å²) in [6.45, 7) is 0. The molecule has 0 saturated carbocycles. The number of rotatable bonds is 2. The van der Waals surface area contributed by atoms with E-state index in [4.69, 9.17) is 4.74 Å². The molecule has 2 aromatic heterocycles. The maximum absolute atomic E-state index is 14.0. The molecule has 0 amide bonds. The van der Waals surface area contributed by atoms with E-state index in [-0.39, 0.29) is 11.5 Å². The number of halogens is 2. The number of fused-ring (bicyclic) bond motifs is 2. The standard InChI is InChI=1S/C12H6F2N4OP2S2/c13-3-1-5(7-9(11(3)20)17-22-15-7)19-6-2-4(14)12(21)10-8(6)16-23-18-10/h1-2H,20-21H2. The summed E-state index contributed by atoms with van der Waals surface area (Å²) in [5, 5.41) is 0.626. The molecule has 4 aromatic rings. The molecule has 2 atom stereocenters. The van der Waals surface area contributed by atoms with E-state index in [0.29, 0.717) is 32.7 Å². The van der Waals surface area contributed by atoms with Crippen LogP contribution in [0.4, 0.5) is 8.78 Å². The number of aromatic nitrogens is 4. The van der Waals surface area contributed by atoms with E-state index in [1.54, 1.807) is 0 Å². The van der Waals surface area contributed by atoms with Gasteiger partial charge in [0.2, 0.25) is 0 Å². The van der Waals surface area contributed by atoms with E-state index in [1.165, 1.54) is 12.1 Å². The number of benzene rings is 2. The second kappa shape index (κ2) is 5.60. The summed E-state index contributed by atoms with van der Waals surface area (Å²) in [5.41, 5.74) is 1.61. The van der Waals surface area contributed by atoms with E-state index in [0.717, 1.165) is 23.5 Å². The van der Waals surface area contributed by atoms with Crippen molar-refractivity contribution in [2.75, 3.05) is 0 Å². The van der Waals surface area contributed by atoms with Crippen molar-refractivity contribution in [1.82, 2.24) is 17.5 Å². The Balaban J connectivity index is 1.92. The lowest BCUT2D eigenvalue weighted by atomic mass is 10.2. The summed E-state index contributed by atoms with van der Waals surface area (Å²) < 4.78 is 50.1. The average molecular weight is 386 g/mol. The third-order valence-electron chi connectivity index (χ3n) is 3.20. The third kappa shape index (κ3) is 2.39. The van der Waals surface area contributed by atoms with Crippen LogP contribution in [0.5, 0.6) is 11.5 Å². The van der Waals surface area contributed by atoms with Crippen LogP contribution in [-0.2, 0) is 0 Å². The van der Waals surface area contributed by atoms with Gasteiger partial charge in [0.1, 0.15) is 33.7 Å². The Morgan fingerprint density at radius 3 is 1.57 bits per heavy atom. The molecule has 0 bridgehead atoms. The Morgan fingerprint density at radius 2 is 1.13 bits per heavy atom. The first-order valence-electron chi connectivity index (χ1n) is 6.14. The Labute approximate surface area is 141 Å². The van der Waals surface area contributed by atoms with Crippen molar-refractivity contribution in [3.63, 3.8) is 0 Å². The molecule has 0 aliphatic rings. The quantitative estimate of drug-likeness (QED) is 0.496. The fraction of sp³-hybridized carbons (Fsp3) is 0. The maximum Gasteiger partial charge on any atom is 0.159 e. The molecule has 116 valence electrons. The second-order valence-corrected chi connectivity index (χ2v) is 6.78. The van der Waals surface area contributed by atoms with Gasteiger partial charge in [-0.15, -0.1) is 0 Å². The Bertz CT molecular complexity index is 984. The molecular weight excluding hydrogens is 380 g/mol. The van der Waals surface area contributed by atoms with Crippen molar-refractivity contribution >= 4 is 74.6 Å². The first kappa shape index (κ1) is 15.1. The van der Waals surface area contributed by atoms with Crippen LogP contribution in [0.2, 0.25) is 0 Å². The first-order chi connectivity index (χ1) is 11.1. The fourth-order valence-corrected chi connectivity index (χ4v) is 3.96. The molecule has 2 aromatic carbocycles. The SMILES string of the molecule is Fc1cc(Oc2cc(F)c(P)c3nsnc23)c2nsnc2c1P. The van der Waals surface area contributed by atoms with Crippen molar-refractivity contribution in [3.05, 3.63) is 23.8 Å². The first-order valence-corrected chi connectivity index (χ1v) is 8.76. The van der Waals surface area contributed by atoms with Crippen LogP contribution in [0.1, 0.15) is 0 Å². The van der Waals surface area contributed by atoms with Crippen LogP contribution in [0.3, 0.4) is 0 Å². The molecule has 0 aliphatic carbocycles. The zero-order chi connectivity index (χ0) is 16.1.